The molecule has 0 spiro atoms. The number of benzene rings is 10. The third-order valence-corrected chi connectivity index (χ3v) is 18.3. The topological polar surface area (TPSA) is 62.4 Å². The average molecular weight is 942 g/mol. The molecule has 0 unspecified atom stereocenters. The standard InChI is InChI=1S/C62H31N5S3/c63-32-34-31-51(65-48-19-7-1-13-35(48)41-25-28-44-38-16-4-10-22-52(38)68-60(44)57(41)65)47(33-64)56(67-50-21-9-3-15-37(50)43-27-30-46-40-18-6-12-24-54(40)70-62(46)59(43)67)55(34)66-49-20-8-2-14-36(49)42-26-29-45-39-17-5-11-23-53(39)69-61(45)58(42)66/h1-31H. The second-order valence-corrected chi connectivity index (χ2v) is 21.3. The van der Waals surface area contributed by atoms with Crippen LogP contribution in [0.3, 0.4) is 0 Å². The second-order valence-electron chi connectivity index (χ2n) is 18.1. The third-order valence-electron chi connectivity index (χ3n) is 14.7. The Labute approximate surface area is 409 Å². The number of nitriles is 2. The van der Waals surface area contributed by atoms with E-state index in [1.54, 1.807) is 34.0 Å². The first-order valence-corrected chi connectivity index (χ1v) is 25.7. The van der Waals surface area contributed by atoms with Gasteiger partial charge >= 0.3 is 0 Å². The average Bonchev–Trinajstić information content (AvgIpc) is 4.26. The van der Waals surface area contributed by atoms with Gasteiger partial charge in [0.25, 0.3) is 0 Å². The highest BCUT2D eigenvalue weighted by Gasteiger charge is 2.31. The number of para-hydroxylation sites is 3. The van der Waals surface area contributed by atoms with Crippen LogP contribution in [0.5, 0.6) is 0 Å². The van der Waals surface area contributed by atoms with Crippen molar-refractivity contribution in [2.24, 2.45) is 0 Å². The summed E-state index contributed by atoms with van der Waals surface area (Å²) in [4.78, 5) is 0. The maximum absolute atomic E-state index is 12.4. The SMILES string of the molecule is N#Cc1cc(-n2c3ccccc3c3ccc4c5ccccc5sc4c32)c(C#N)c(-n2c3ccccc3c3ccc4c5ccccc5sc4c32)c1-n1c2ccccc2c2ccc3c4ccccc4sc3c21. The van der Waals surface area contributed by atoms with E-state index in [1.807, 2.05) is 6.07 Å². The summed E-state index contributed by atoms with van der Waals surface area (Å²) in [6.07, 6.45) is 0. The molecule has 8 heteroatoms. The largest absolute Gasteiger partial charge is 0.306 e. The lowest BCUT2D eigenvalue weighted by Gasteiger charge is -2.23. The van der Waals surface area contributed by atoms with Gasteiger partial charge in [0.1, 0.15) is 17.7 Å². The number of fused-ring (bicyclic) bond motifs is 21. The molecule has 322 valence electrons. The number of thiophene rings is 3. The summed E-state index contributed by atoms with van der Waals surface area (Å²) >= 11 is 5.34. The van der Waals surface area contributed by atoms with E-state index in [-0.39, 0.29) is 0 Å². The third kappa shape index (κ3) is 4.82. The minimum Gasteiger partial charge on any atom is -0.306 e. The molecule has 10 aromatic carbocycles. The molecule has 0 atom stereocenters. The van der Waals surface area contributed by atoms with Crippen LogP contribution in [-0.2, 0) is 0 Å². The zero-order chi connectivity index (χ0) is 45.9. The molecule has 0 aliphatic rings. The molecule has 70 heavy (non-hydrogen) atoms. The van der Waals surface area contributed by atoms with Gasteiger partial charge in [-0.15, -0.1) is 34.0 Å². The van der Waals surface area contributed by atoms with Crippen LogP contribution < -0.4 is 0 Å². The molecule has 0 radical (unpaired) electrons. The summed E-state index contributed by atoms with van der Waals surface area (Å²) in [6, 6.07) is 72.6. The highest BCUT2D eigenvalue weighted by molar-refractivity contribution is 7.27. The molecule has 0 aliphatic heterocycles. The van der Waals surface area contributed by atoms with Crippen LogP contribution in [0, 0.1) is 22.7 Å². The summed E-state index contributed by atoms with van der Waals surface area (Å²) in [5.74, 6) is 0. The lowest BCUT2D eigenvalue weighted by Crippen LogP contribution is -2.12. The van der Waals surface area contributed by atoms with Gasteiger partial charge in [-0.05, 0) is 42.5 Å². The molecule has 6 aromatic heterocycles. The lowest BCUT2D eigenvalue weighted by atomic mass is 10.0. The summed E-state index contributed by atoms with van der Waals surface area (Å²) in [5.41, 5.74) is 8.91. The number of hydrogen-bond acceptors (Lipinski definition) is 5. The van der Waals surface area contributed by atoms with Crippen LogP contribution in [0.1, 0.15) is 11.1 Å². The van der Waals surface area contributed by atoms with Crippen LogP contribution in [0.25, 0.3) is 143 Å². The Kier molecular flexibility index (Phi) is 7.60. The van der Waals surface area contributed by atoms with Crippen molar-refractivity contribution in [2.45, 2.75) is 0 Å². The fraction of sp³-hybridized carbons (Fsp3) is 0. The molecule has 0 N–H and O–H groups in total. The predicted molar refractivity (Wildman–Crippen MR) is 298 cm³/mol. The van der Waals surface area contributed by atoms with Gasteiger partial charge in [0.15, 0.2) is 0 Å². The Morgan fingerprint density at radius 2 is 0.657 bits per heavy atom. The van der Waals surface area contributed by atoms with Crippen molar-refractivity contribution in [2.75, 3.05) is 0 Å². The van der Waals surface area contributed by atoms with Gasteiger partial charge in [-0.3, -0.25) is 0 Å². The highest BCUT2D eigenvalue weighted by Crippen LogP contribution is 2.50. The second kappa shape index (κ2) is 13.9. The fourth-order valence-corrected chi connectivity index (χ4v) is 15.6. The van der Waals surface area contributed by atoms with Gasteiger partial charge in [0, 0.05) is 78.7 Å². The summed E-state index contributed by atoms with van der Waals surface area (Å²) < 4.78 is 14.0. The van der Waals surface area contributed by atoms with Crippen molar-refractivity contribution in [3.63, 3.8) is 0 Å². The predicted octanol–water partition coefficient (Wildman–Crippen LogP) is 17.8. The van der Waals surface area contributed by atoms with Crippen molar-refractivity contribution < 1.29 is 0 Å². The monoisotopic (exact) mass is 941 g/mol. The van der Waals surface area contributed by atoms with Crippen LogP contribution in [0.4, 0.5) is 0 Å². The van der Waals surface area contributed by atoms with Crippen molar-refractivity contribution in [3.05, 3.63) is 199 Å². The van der Waals surface area contributed by atoms with Crippen LogP contribution >= 0.6 is 34.0 Å². The Balaban J connectivity index is 1.18. The first-order valence-electron chi connectivity index (χ1n) is 23.2. The smallest absolute Gasteiger partial charge is 0.104 e. The Morgan fingerprint density at radius 3 is 1.07 bits per heavy atom. The summed E-state index contributed by atoms with van der Waals surface area (Å²) in [7, 11) is 0. The maximum Gasteiger partial charge on any atom is 0.104 e. The minimum atomic E-state index is 0.466. The van der Waals surface area contributed by atoms with Crippen LogP contribution in [0.15, 0.2) is 188 Å². The molecule has 0 aliphatic carbocycles. The zero-order valence-corrected chi connectivity index (χ0v) is 39.3. The highest BCUT2D eigenvalue weighted by atomic mass is 32.1. The van der Waals surface area contributed by atoms with Gasteiger partial charge < -0.3 is 13.7 Å². The Morgan fingerprint density at radius 1 is 0.314 bits per heavy atom. The first kappa shape index (κ1) is 38.2. The van der Waals surface area contributed by atoms with Gasteiger partial charge in [0.2, 0.25) is 0 Å². The molecule has 0 saturated heterocycles. The van der Waals surface area contributed by atoms with E-state index in [0.29, 0.717) is 28.2 Å². The molecular weight excluding hydrogens is 911 g/mol. The molecule has 5 nitrogen and oxygen atoms in total. The maximum atomic E-state index is 12.4. The van der Waals surface area contributed by atoms with Gasteiger partial charge in [-0.25, -0.2) is 0 Å². The minimum absolute atomic E-state index is 0.466. The van der Waals surface area contributed by atoms with Crippen molar-refractivity contribution in [1.29, 1.82) is 10.5 Å². The van der Waals surface area contributed by atoms with Gasteiger partial charge in [-0.1, -0.05) is 146 Å². The number of hydrogen-bond donors (Lipinski definition) is 0. The molecule has 0 amide bonds. The Hall–Kier alpha value is -8.76. The Bertz CT molecular complexity index is 5110. The van der Waals surface area contributed by atoms with Gasteiger partial charge in [0.05, 0.1) is 69.8 Å². The molecule has 16 rings (SSSR count). The van der Waals surface area contributed by atoms with E-state index in [9.17, 15) is 10.5 Å². The van der Waals surface area contributed by atoms with E-state index in [2.05, 4.69) is 208 Å². The molecule has 6 heterocycles. The number of rotatable bonds is 3. The van der Waals surface area contributed by atoms with E-state index in [0.717, 1.165) is 90.3 Å². The number of aromatic nitrogens is 3. The van der Waals surface area contributed by atoms with Crippen molar-refractivity contribution in [3.8, 4) is 29.2 Å². The van der Waals surface area contributed by atoms with E-state index < -0.39 is 0 Å². The van der Waals surface area contributed by atoms with Crippen molar-refractivity contribution in [1.82, 2.24) is 13.7 Å². The van der Waals surface area contributed by atoms with Gasteiger partial charge in [-0.2, -0.15) is 10.5 Å². The normalized spacial score (nSPS) is 12.3. The number of nitrogens with zero attached hydrogens (tertiary/aromatic N) is 5. The molecular formula is C62H31N5S3. The summed E-state index contributed by atoms with van der Waals surface area (Å²) in [6.45, 7) is 0. The molecule has 0 fully saturated rings. The van der Waals surface area contributed by atoms with E-state index in [4.69, 9.17) is 0 Å². The molecule has 16 aromatic rings. The zero-order valence-electron chi connectivity index (χ0n) is 36.9. The van der Waals surface area contributed by atoms with Crippen LogP contribution in [0.2, 0.25) is 0 Å². The first-order chi connectivity index (χ1) is 34.7. The van der Waals surface area contributed by atoms with Crippen molar-refractivity contribution >= 4 is 160 Å². The quantitative estimate of drug-likeness (QED) is 0.177. The fourth-order valence-electron chi connectivity index (χ4n) is 11.9. The molecule has 0 bridgehead atoms. The lowest BCUT2D eigenvalue weighted by molar-refractivity contribution is 1.06. The van der Waals surface area contributed by atoms with Crippen LogP contribution in [-0.4, -0.2) is 13.7 Å². The summed E-state index contributed by atoms with van der Waals surface area (Å²) in [5, 5.41) is 38.0. The van der Waals surface area contributed by atoms with E-state index in [1.165, 1.54) is 35.6 Å². The molecule has 0 saturated carbocycles. The van der Waals surface area contributed by atoms with E-state index >= 15 is 0 Å².